The molecular weight excluding hydrogens is 244 g/mol. The largest absolute Gasteiger partial charge is 0.494 e. The second-order valence-corrected chi connectivity index (χ2v) is 4.77. The van der Waals surface area contributed by atoms with E-state index < -0.39 is 11.9 Å². The van der Waals surface area contributed by atoms with Crippen LogP contribution in [-0.4, -0.2) is 30.9 Å². The van der Waals surface area contributed by atoms with E-state index in [9.17, 15) is 9.90 Å². The molecular formula is C15H20O4. The Balaban J connectivity index is 2.22. The van der Waals surface area contributed by atoms with Gasteiger partial charge in [-0.2, -0.15) is 0 Å². The molecule has 2 rings (SSSR count). The van der Waals surface area contributed by atoms with Crippen molar-refractivity contribution in [3.05, 3.63) is 29.8 Å². The molecule has 0 bridgehead atoms. The highest BCUT2D eigenvalue weighted by Gasteiger charge is 2.31. The van der Waals surface area contributed by atoms with Crippen molar-refractivity contribution in [1.29, 1.82) is 0 Å². The van der Waals surface area contributed by atoms with Crippen molar-refractivity contribution in [2.24, 2.45) is 5.92 Å². The van der Waals surface area contributed by atoms with Crippen molar-refractivity contribution in [3.63, 3.8) is 0 Å². The first-order valence-corrected chi connectivity index (χ1v) is 6.75. The molecule has 1 unspecified atom stereocenters. The molecule has 1 saturated heterocycles. The second-order valence-electron chi connectivity index (χ2n) is 4.77. The molecule has 1 atom stereocenters. The summed E-state index contributed by atoms with van der Waals surface area (Å²) in [5, 5.41) is 9.52. The average Bonchev–Trinajstić information content (AvgIpc) is 2.40. The van der Waals surface area contributed by atoms with Crippen LogP contribution in [0.4, 0.5) is 0 Å². The normalized spacial score (nSPS) is 17.9. The van der Waals surface area contributed by atoms with Crippen LogP contribution in [0.15, 0.2) is 24.3 Å². The third kappa shape index (κ3) is 3.47. The third-order valence-electron chi connectivity index (χ3n) is 3.53. The van der Waals surface area contributed by atoms with E-state index in [-0.39, 0.29) is 5.92 Å². The Morgan fingerprint density at radius 2 is 2.21 bits per heavy atom. The Labute approximate surface area is 113 Å². The summed E-state index contributed by atoms with van der Waals surface area (Å²) in [4.78, 5) is 11.6. The molecule has 19 heavy (non-hydrogen) atoms. The number of hydrogen-bond donors (Lipinski definition) is 1. The molecule has 4 heteroatoms. The lowest BCUT2D eigenvalue weighted by atomic mass is 9.81. The molecule has 1 aromatic carbocycles. The third-order valence-corrected chi connectivity index (χ3v) is 3.53. The number of ether oxygens (including phenoxy) is 2. The summed E-state index contributed by atoms with van der Waals surface area (Å²) in [5.41, 5.74) is 0.824. The Hall–Kier alpha value is -1.55. The summed E-state index contributed by atoms with van der Waals surface area (Å²) in [6.45, 7) is 3.80. The van der Waals surface area contributed by atoms with Crippen molar-refractivity contribution >= 4 is 5.97 Å². The summed E-state index contributed by atoms with van der Waals surface area (Å²) in [5.74, 6) is -0.355. The number of aliphatic carboxylic acids is 1. The Morgan fingerprint density at radius 1 is 1.47 bits per heavy atom. The molecule has 0 saturated carbocycles. The van der Waals surface area contributed by atoms with Gasteiger partial charge >= 0.3 is 5.97 Å². The van der Waals surface area contributed by atoms with Crippen molar-refractivity contribution in [1.82, 2.24) is 0 Å². The average molecular weight is 264 g/mol. The molecule has 1 aliphatic rings. The van der Waals surface area contributed by atoms with Gasteiger partial charge in [0.15, 0.2) is 0 Å². The van der Waals surface area contributed by atoms with Crippen molar-refractivity contribution in [2.45, 2.75) is 25.7 Å². The Bertz CT molecular complexity index is 424. The van der Waals surface area contributed by atoms with Gasteiger partial charge in [0.05, 0.1) is 12.5 Å². The smallest absolute Gasteiger partial charge is 0.311 e. The zero-order valence-corrected chi connectivity index (χ0v) is 11.2. The molecule has 0 spiro atoms. The maximum absolute atomic E-state index is 11.6. The van der Waals surface area contributed by atoms with E-state index in [0.717, 1.165) is 24.2 Å². The van der Waals surface area contributed by atoms with E-state index in [0.29, 0.717) is 19.8 Å². The maximum atomic E-state index is 11.6. The lowest BCUT2D eigenvalue weighted by molar-refractivity contribution is -0.141. The zero-order valence-electron chi connectivity index (χ0n) is 11.2. The minimum atomic E-state index is -0.763. The summed E-state index contributed by atoms with van der Waals surface area (Å²) in [7, 11) is 0. The summed E-state index contributed by atoms with van der Waals surface area (Å²) in [6.07, 6.45) is 1.60. The second kappa shape index (κ2) is 6.57. The van der Waals surface area contributed by atoms with E-state index in [1.807, 2.05) is 31.2 Å². The molecule has 1 aliphatic heterocycles. The van der Waals surface area contributed by atoms with Crippen molar-refractivity contribution < 1.29 is 19.4 Å². The molecule has 0 aromatic heterocycles. The number of carboxylic acid groups (broad SMARTS) is 1. The predicted molar refractivity (Wildman–Crippen MR) is 71.5 cm³/mol. The maximum Gasteiger partial charge on any atom is 0.311 e. The van der Waals surface area contributed by atoms with E-state index in [1.165, 1.54) is 0 Å². The van der Waals surface area contributed by atoms with Crippen LogP contribution < -0.4 is 4.74 Å². The van der Waals surface area contributed by atoms with Crippen LogP contribution in [0.25, 0.3) is 0 Å². The first kappa shape index (κ1) is 13.9. The summed E-state index contributed by atoms with van der Waals surface area (Å²) < 4.78 is 10.8. The van der Waals surface area contributed by atoms with Crippen LogP contribution in [0, 0.1) is 5.92 Å². The highest BCUT2D eigenvalue weighted by Crippen LogP contribution is 2.33. The van der Waals surface area contributed by atoms with Crippen molar-refractivity contribution in [2.75, 3.05) is 19.8 Å². The molecule has 0 aliphatic carbocycles. The highest BCUT2D eigenvalue weighted by atomic mass is 16.5. The number of carbonyl (C=O) groups is 1. The molecule has 104 valence electrons. The van der Waals surface area contributed by atoms with Crippen molar-refractivity contribution in [3.8, 4) is 5.75 Å². The first-order chi connectivity index (χ1) is 9.22. The minimum Gasteiger partial charge on any atom is -0.494 e. The Kier molecular flexibility index (Phi) is 4.80. The van der Waals surface area contributed by atoms with Gasteiger partial charge in [0, 0.05) is 13.2 Å². The fourth-order valence-corrected chi connectivity index (χ4v) is 2.63. The van der Waals surface area contributed by atoms with Crippen LogP contribution in [-0.2, 0) is 9.53 Å². The van der Waals surface area contributed by atoms with Crippen LogP contribution in [0.3, 0.4) is 0 Å². The van der Waals surface area contributed by atoms with Gasteiger partial charge in [-0.05, 0) is 43.4 Å². The minimum absolute atomic E-state index is 0.142. The molecule has 1 heterocycles. The lowest BCUT2D eigenvalue weighted by Gasteiger charge is -2.28. The quantitative estimate of drug-likeness (QED) is 0.888. The SMILES string of the molecule is CCOc1cccc(C(C(=O)O)C2CCOCC2)c1. The number of carboxylic acids is 1. The van der Waals surface area contributed by atoms with Gasteiger partial charge < -0.3 is 14.6 Å². The standard InChI is InChI=1S/C15H20O4/c1-2-19-13-5-3-4-12(10-13)14(15(16)17)11-6-8-18-9-7-11/h3-5,10-11,14H,2,6-9H2,1H3,(H,16,17). The van der Waals surface area contributed by atoms with Crippen LogP contribution >= 0.6 is 0 Å². The van der Waals surface area contributed by atoms with Crippen LogP contribution in [0.1, 0.15) is 31.2 Å². The topological polar surface area (TPSA) is 55.8 Å². The molecule has 1 fully saturated rings. The highest BCUT2D eigenvalue weighted by molar-refractivity contribution is 5.76. The number of hydrogen-bond acceptors (Lipinski definition) is 3. The number of rotatable bonds is 5. The molecule has 1 aromatic rings. The first-order valence-electron chi connectivity index (χ1n) is 6.75. The fraction of sp³-hybridized carbons (Fsp3) is 0.533. The van der Waals surface area contributed by atoms with Gasteiger partial charge in [0.25, 0.3) is 0 Å². The summed E-state index contributed by atoms with van der Waals surface area (Å²) >= 11 is 0. The van der Waals surface area contributed by atoms with Gasteiger partial charge in [-0.1, -0.05) is 12.1 Å². The fourth-order valence-electron chi connectivity index (χ4n) is 2.63. The summed E-state index contributed by atoms with van der Waals surface area (Å²) in [6, 6.07) is 7.43. The monoisotopic (exact) mass is 264 g/mol. The molecule has 0 radical (unpaired) electrons. The van der Waals surface area contributed by atoms with E-state index >= 15 is 0 Å². The van der Waals surface area contributed by atoms with Crippen LogP contribution in [0.2, 0.25) is 0 Å². The molecule has 1 N–H and O–H groups in total. The van der Waals surface area contributed by atoms with Gasteiger partial charge in [-0.25, -0.2) is 0 Å². The van der Waals surface area contributed by atoms with Gasteiger partial charge in [-0.3, -0.25) is 4.79 Å². The van der Waals surface area contributed by atoms with Gasteiger partial charge in [0.2, 0.25) is 0 Å². The Morgan fingerprint density at radius 3 is 2.84 bits per heavy atom. The predicted octanol–water partition coefficient (Wildman–Crippen LogP) is 2.68. The van der Waals surface area contributed by atoms with Crippen LogP contribution in [0.5, 0.6) is 5.75 Å². The molecule has 0 amide bonds. The zero-order chi connectivity index (χ0) is 13.7. The molecule has 4 nitrogen and oxygen atoms in total. The van der Waals surface area contributed by atoms with E-state index in [4.69, 9.17) is 9.47 Å². The number of benzene rings is 1. The lowest BCUT2D eigenvalue weighted by Crippen LogP contribution is -2.27. The van der Waals surface area contributed by atoms with E-state index in [2.05, 4.69) is 0 Å². The van der Waals surface area contributed by atoms with Gasteiger partial charge in [-0.15, -0.1) is 0 Å². The van der Waals surface area contributed by atoms with E-state index in [1.54, 1.807) is 0 Å². The van der Waals surface area contributed by atoms with Gasteiger partial charge in [0.1, 0.15) is 5.75 Å².